The highest BCUT2D eigenvalue weighted by Crippen LogP contribution is 2.37. The van der Waals surface area contributed by atoms with E-state index < -0.39 is 18.5 Å². The second kappa shape index (κ2) is 6.11. The number of alkyl halides is 2. The van der Waals surface area contributed by atoms with Gasteiger partial charge in [0.1, 0.15) is 24.2 Å². The SMILES string of the molecule is FC1(F)CC(COc2ccccc2Cl)N(c2ncnc3[nH]cnc23)C1. The van der Waals surface area contributed by atoms with Gasteiger partial charge in [-0.2, -0.15) is 0 Å². The van der Waals surface area contributed by atoms with E-state index in [1.54, 1.807) is 24.3 Å². The van der Waals surface area contributed by atoms with Crippen LogP contribution < -0.4 is 9.64 Å². The molecule has 0 saturated carbocycles. The number of anilines is 1. The molecule has 1 aliphatic heterocycles. The Kier molecular flexibility index (Phi) is 3.91. The lowest BCUT2D eigenvalue weighted by molar-refractivity contribution is 0.0206. The van der Waals surface area contributed by atoms with E-state index in [1.807, 2.05) is 0 Å². The van der Waals surface area contributed by atoms with Crippen LogP contribution in [0.15, 0.2) is 36.9 Å². The lowest BCUT2D eigenvalue weighted by Gasteiger charge is -2.25. The Balaban J connectivity index is 1.61. The molecule has 1 unspecified atom stereocenters. The second-order valence-corrected chi connectivity index (χ2v) is 6.29. The predicted octanol–water partition coefficient (Wildman–Crippen LogP) is 3.30. The van der Waals surface area contributed by atoms with Crippen LogP contribution in [0.1, 0.15) is 6.42 Å². The van der Waals surface area contributed by atoms with Crippen molar-refractivity contribution in [1.82, 2.24) is 19.9 Å². The smallest absolute Gasteiger partial charge is 0.267 e. The van der Waals surface area contributed by atoms with Crippen LogP contribution in [0.5, 0.6) is 5.75 Å². The van der Waals surface area contributed by atoms with Gasteiger partial charge in [-0.15, -0.1) is 0 Å². The monoisotopic (exact) mass is 365 g/mol. The highest BCUT2D eigenvalue weighted by molar-refractivity contribution is 6.32. The molecule has 25 heavy (non-hydrogen) atoms. The van der Waals surface area contributed by atoms with Crippen molar-refractivity contribution in [2.45, 2.75) is 18.4 Å². The van der Waals surface area contributed by atoms with Crippen molar-refractivity contribution in [3.63, 3.8) is 0 Å². The van der Waals surface area contributed by atoms with Crippen molar-refractivity contribution in [2.24, 2.45) is 0 Å². The molecule has 1 atom stereocenters. The van der Waals surface area contributed by atoms with Crippen LogP contribution in [0.2, 0.25) is 5.02 Å². The van der Waals surface area contributed by atoms with Gasteiger partial charge in [-0.25, -0.2) is 23.7 Å². The van der Waals surface area contributed by atoms with Crippen molar-refractivity contribution in [1.29, 1.82) is 0 Å². The van der Waals surface area contributed by atoms with E-state index in [0.717, 1.165) is 0 Å². The van der Waals surface area contributed by atoms with Crippen LogP contribution in [0.3, 0.4) is 0 Å². The summed E-state index contributed by atoms with van der Waals surface area (Å²) >= 11 is 6.06. The minimum Gasteiger partial charge on any atom is -0.490 e. The lowest BCUT2D eigenvalue weighted by atomic mass is 10.2. The molecule has 2 aromatic heterocycles. The van der Waals surface area contributed by atoms with Gasteiger partial charge < -0.3 is 14.6 Å². The Morgan fingerprint density at radius 3 is 2.96 bits per heavy atom. The van der Waals surface area contributed by atoms with Crippen molar-refractivity contribution < 1.29 is 13.5 Å². The average Bonchev–Trinajstić information content (AvgIpc) is 3.17. The summed E-state index contributed by atoms with van der Waals surface area (Å²) in [6, 6.07) is 6.40. The highest BCUT2D eigenvalue weighted by atomic mass is 35.5. The number of fused-ring (bicyclic) bond motifs is 1. The van der Waals surface area contributed by atoms with E-state index in [0.29, 0.717) is 27.8 Å². The quantitative estimate of drug-likeness (QED) is 0.768. The Morgan fingerprint density at radius 1 is 1.28 bits per heavy atom. The summed E-state index contributed by atoms with van der Waals surface area (Å²) in [5.74, 6) is -2.00. The molecule has 0 radical (unpaired) electrons. The highest BCUT2D eigenvalue weighted by Gasteiger charge is 2.46. The van der Waals surface area contributed by atoms with Crippen molar-refractivity contribution >= 4 is 28.6 Å². The number of hydrogen-bond acceptors (Lipinski definition) is 5. The summed E-state index contributed by atoms with van der Waals surface area (Å²) in [5.41, 5.74) is 0.967. The summed E-state index contributed by atoms with van der Waals surface area (Å²) < 4.78 is 33.8. The summed E-state index contributed by atoms with van der Waals surface area (Å²) in [6.07, 6.45) is 2.47. The largest absolute Gasteiger partial charge is 0.490 e. The number of benzene rings is 1. The third-order valence-electron chi connectivity index (χ3n) is 4.11. The Hall–Kier alpha value is -2.48. The van der Waals surface area contributed by atoms with Crippen LogP contribution in [0.4, 0.5) is 14.6 Å². The number of H-pyrrole nitrogens is 1. The zero-order chi connectivity index (χ0) is 17.4. The first-order valence-corrected chi connectivity index (χ1v) is 8.07. The zero-order valence-electron chi connectivity index (χ0n) is 13.0. The molecule has 0 bridgehead atoms. The molecule has 9 heteroatoms. The molecule has 1 aromatic carbocycles. The van der Waals surface area contributed by atoms with Crippen molar-refractivity contribution in [3.8, 4) is 5.75 Å². The molecule has 1 fully saturated rings. The van der Waals surface area contributed by atoms with Gasteiger partial charge in [0, 0.05) is 6.42 Å². The van der Waals surface area contributed by atoms with Gasteiger partial charge in [-0.05, 0) is 12.1 Å². The van der Waals surface area contributed by atoms with E-state index in [4.69, 9.17) is 16.3 Å². The number of rotatable bonds is 4. The number of aromatic nitrogens is 4. The fourth-order valence-corrected chi connectivity index (χ4v) is 3.19. The van der Waals surface area contributed by atoms with E-state index in [2.05, 4.69) is 19.9 Å². The van der Waals surface area contributed by atoms with Gasteiger partial charge in [-0.1, -0.05) is 23.7 Å². The van der Waals surface area contributed by atoms with Gasteiger partial charge in [0.05, 0.1) is 23.9 Å². The molecule has 130 valence electrons. The molecule has 3 heterocycles. The second-order valence-electron chi connectivity index (χ2n) is 5.88. The summed E-state index contributed by atoms with van der Waals surface area (Å²) in [4.78, 5) is 16.8. The molecular weight excluding hydrogens is 352 g/mol. The third-order valence-corrected chi connectivity index (χ3v) is 4.43. The fraction of sp³-hybridized carbons (Fsp3) is 0.312. The number of para-hydroxylation sites is 1. The molecular formula is C16H14ClF2N5O. The number of halogens is 3. The zero-order valence-corrected chi connectivity index (χ0v) is 13.7. The number of ether oxygens (including phenoxy) is 1. The normalized spacial score (nSPS) is 19.5. The Labute approximate surface area is 146 Å². The van der Waals surface area contributed by atoms with Crippen LogP contribution >= 0.6 is 11.6 Å². The molecule has 4 rings (SSSR count). The first-order valence-electron chi connectivity index (χ1n) is 7.69. The molecule has 1 N–H and O–H groups in total. The molecule has 1 aliphatic rings. The summed E-state index contributed by atoms with van der Waals surface area (Å²) in [5, 5.41) is 0.440. The maximum absolute atomic E-state index is 14.1. The molecule has 6 nitrogen and oxygen atoms in total. The standard InChI is InChI=1S/C16H14ClF2N5O/c17-11-3-1-2-4-12(11)25-6-10-5-16(18,19)7-24(10)15-13-14(21-8-20-13)22-9-23-15/h1-4,8-10H,5-7H2,(H,20,21,22,23). The van der Waals surface area contributed by atoms with E-state index >= 15 is 0 Å². The van der Waals surface area contributed by atoms with Crippen LogP contribution in [-0.4, -0.2) is 45.1 Å². The first kappa shape index (κ1) is 16.0. The number of nitrogens with zero attached hydrogens (tertiary/aromatic N) is 4. The first-order chi connectivity index (χ1) is 12.0. The van der Waals surface area contributed by atoms with E-state index in [9.17, 15) is 8.78 Å². The van der Waals surface area contributed by atoms with Crippen LogP contribution in [-0.2, 0) is 0 Å². The molecule has 3 aromatic rings. The van der Waals surface area contributed by atoms with Crippen LogP contribution in [0.25, 0.3) is 11.2 Å². The van der Waals surface area contributed by atoms with Gasteiger partial charge >= 0.3 is 0 Å². The van der Waals surface area contributed by atoms with E-state index in [1.165, 1.54) is 17.6 Å². The molecule has 1 saturated heterocycles. The minimum atomic E-state index is -2.83. The fourth-order valence-electron chi connectivity index (χ4n) is 3.00. The summed E-state index contributed by atoms with van der Waals surface area (Å²) in [7, 11) is 0. The predicted molar refractivity (Wildman–Crippen MR) is 89.3 cm³/mol. The number of nitrogens with one attached hydrogen (secondary N) is 1. The molecule has 0 amide bonds. The summed E-state index contributed by atoms with van der Waals surface area (Å²) in [6.45, 7) is -0.377. The number of hydrogen-bond donors (Lipinski definition) is 1. The van der Waals surface area contributed by atoms with Gasteiger partial charge in [0.2, 0.25) is 0 Å². The molecule has 0 aliphatic carbocycles. The Bertz CT molecular complexity index is 903. The van der Waals surface area contributed by atoms with Gasteiger partial charge in [-0.3, -0.25) is 0 Å². The maximum atomic E-state index is 14.1. The molecule has 0 spiro atoms. The van der Waals surface area contributed by atoms with E-state index in [-0.39, 0.29) is 13.0 Å². The lowest BCUT2D eigenvalue weighted by Crippen LogP contribution is -2.35. The number of aromatic amines is 1. The van der Waals surface area contributed by atoms with Crippen LogP contribution in [0, 0.1) is 0 Å². The van der Waals surface area contributed by atoms with Crippen molar-refractivity contribution in [3.05, 3.63) is 41.9 Å². The third kappa shape index (κ3) is 3.09. The minimum absolute atomic E-state index is 0.0647. The maximum Gasteiger partial charge on any atom is 0.267 e. The van der Waals surface area contributed by atoms with Gasteiger partial charge in [0.25, 0.3) is 5.92 Å². The topological polar surface area (TPSA) is 66.9 Å². The average molecular weight is 366 g/mol. The number of imidazole rings is 1. The Morgan fingerprint density at radius 2 is 2.12 bits per heavy atom. The van der Waals surface area contributed by atoms with Crippen molar-refractivity contribution in [2.75, 3.05) is 18.1 Å². The van der Waals surface area contributed by atoms with Gasteiger partial charge in [0.15, 0.2) is 11.5 Å².